The Bertz CT molecular complexity index is 342. The molecule has 0 N–H and O–H groups in total. The Labute approximate surface area is 108 Å². The van der Waals surface area contributed by atoms with Gasteiger partial charge in [0.15, 0.2) is 0 Å². The van der Waals surface area contributed by atoms with Crippen molar-refractivity contribution in [2.24, 2.45) is 9.98 Å². The molecule has 1 aliphatic heterocycles. The van der Waals surface area contributed by atoms with Crippen molar-refractivity contribution < 1.29 is 9.47 Å². The molecule has 4 unspecified atom stereocenters. The summed E-state index contributed by atoms with van der Waals surface area (Å²) in [5, 5.41) is 0. The Morgan fingerprint density at radius 2 is 1.22 bits per heavy atom. The van der Waals surface area contributed by atoms with Crippen LogP contribution in [0.3, 0.4) is 0 Å². The Balaban J connectivity index is 1.88. The molecule has 0 aromatic carbocycles. The molecule has 0 aromatic rings. The summed E-state index contributed by atoms with van der Waals surface area (Å²) in [5.41, 5.74) is 2.38. The first kappa shape index (κ1) is 12.3. The predicted molar refractivity (Wildman–Crippen MR) is 71.7 cm³/mol. The average Bonchev–Trinajstić information content (AvgIpc) is 2.43. The minimum absolute atomic E-state index is 0.192. The fraction of sp³-hybridized carbons (Fsp3) is 0.857. The second-order valence-corrected chi connectivity index (χ2v) is 5.45. The molecular weight excluding hydrogens is 228 g/mol. The Morgan fingerprint density at radius 1 is 0.778 bits per heavy atom. The zero-order chi connectivity index (χ0) is 12.5. The molecule has 3 rings (SSSR count). The number of ether oxygens (including phenoxy) is 2. The first-order valence-corrected chi connectivity index (χ1v) is 7.04. The van der Waals surface area contributed by atoms with Gasteiger partial charge < -0.3 is 9.47 Å². The molecular formula is C14H22N2O2. The second kappa shape index (κ2) is 5.10. The van der Waals surface area contributed by atoms with Gasteiger partial charge in [-0.15, -0.1) is 0 Å². The van der Waals surface area contributed by atoms with Gasteiger partial charge in [0.25, 0.3) is 0 Å². The first-order chi connectivity index (χ1) is 8.83. The van der Waals surface area contributed by atoms with Gasteiger partial charge in [0.1, 0.15) is 0 Å². The van der Waals surface area contributed by atoms with Gasteiger partial charge in [-0.1, -0.05) is 0 Å². The van der Waals surface area contributed by atoms with Crippen LogP contribution in [-0.2, 0) is 9.47 Å². The van der Waals surface area contributed by atoms with Crippen LogP contribution in [0, 0.1) is 0 Å². The summed E-state index contributed by atoms with van der Waals surface area (Å²) in [4.78, 5) is 9.91. The number of nitrogens with zero attached hydrogens (tertiary/aromatic N) is 2. The molecule has 0 amide bonds. The maximum atomic E-state index is 5.56. The third-order valence-corrected chi connectivity index (χ3v) is 4.41. The maximum Gasteiger partial charge on any atom is 0.0969 e. The van der Waals surface area contributed by atoms with Gasteiger partial charge in [-0.2, -0.15) is 0 Å². The molecule has 1 heterocycles. The van der Waals surface area contributed by atoms with E-state index in [1.54, 1.807) is 14.2 Å². The zero-order valence-corrected chi connectivity index (χ0v) is 11.3. The molecule has 4 nitrogen and oxygen atoms in total. The average molecular weight is 250 g/mol. The molecule has 2 fully saturated rings. The Hall–Kier alpha value is -0.740. The molecule has 0 spiro atoms. The van der Waals surface area contributed by atoms with E-state index in [1.165, 1.54) is 24.3 Å². The van der Waals surface area contributed by atoms with E-state index in [9.17, 15) is 0 Å². The summed E-state index contributed by atoms with van der Waals surface area (Å²) >= 11 is 0. The van der Waals surface area contributed by atoms with E-state index in [-0.39, 0.29) is 24.3 Å². The predicted octanol–water partition coefficient (Wildman–Crippen LogP) is 2.02. The quantitative estimate of drug-likeness (QED) is 0.752. The van der Waals surface area contributed by atoms with Crippen LogP contribution < -0.4 is 0 Å². The van der Waals surface area contributed by atoms with Crippen LogP contribution in [0.4, 0.5) is 0 Å². The zero-order valence-electron chi connectivity index (χ0n) is 11.3. The van der Waals surface area contributed by atoms with Gasteiger partial charge in [-0.05, 0) is 38.5 Å². The summed E-state index contributed by atoms with van der Waals surface area (Å²) < 4.78 is 11.1. The van der Waals surface area contributed by atoms with E-state index >= 15 is 0 Å². The number of methoxy groups -OCH3 is 2. The minimum Gasteiger partial charge on any atom is -0.375 e. The molecule has 2 aliphatic carbocycles. The largest absolute Gasteiger partial charge is 0.375 e. The van der Waals surface area contributed by atoms with Crippen molar-refractivity contribution in [3.8, 4) is 0 Å². The van der Waals surface area contributed by atoms with Crippen LogP contribution in [0.5, 0.6) is 0 Å². The Kier molecular flexibility index (Phi) is 3.48. The van der Waals surface area contributed by atoms with Crippen LogP contribution in [0.15, 0.2) is 9.98 Å². The van der Waals surface area contributed by atoms with Crippen molar-refractivity contribution in [1.82, 2.24) is 0 Å². The van der Waals surface area contributed by atoms with Crippen molar-refractivity contribution in [3.05, 3.63) is 0 Å². The number of aliphatic imine (C=N–C) groups is 2. The number of hydrogen-bond acceptors (Lipinski definition) is 4. The number of fused-ring (bicyclic) bond motifs is 2. The van der Waals surface area contributed by atoms with E-state index < -0.39 is 0 Å². The summed E-state index contributed by atoms with van der Waals surface area (Å²) in [7, 11) is 3.57. The number of hydrogen-bond donors (Lipinski definition) is 0. The van der Waals surface area contributed by atoms with Crippen LogP contribution in [0.25, 0.3) is 0 Å². The van der Waals surface area contributed by atoms with Gasteiger partial charge in [-0.3, -0.25) is 9.98 Å². The first-order valence-electron chi connectivity index (χ1n) is 7.04. The van der Waals surface area contributed by atoms with Crippen molar-refractivity contribution in [1.29, 1.82) is 0 Å². The van der Waals surface area contributed by atoms with Crippen LogP contribution >= 0.6 is 0 Å². The van der Waals surface area contributed by atoms with E-state index in [0.29, 0.717) is 0 Å². The molecule has 4 atom stereocenters. The normalized spacial score (nSPS) is 39.4. The minimum atomic E-state index is 0.192. The molecule has 18 heavy (non-hydrogen) atoms. The standard InChI is InChI=1S/C14H22N2O2/c1-17-11-7-3-5-9-13(11)15-10-6-4-8-12(18-2)14(10)16-9/h9-12H,3-8H2,1-2H3. The van der Waals surface area contributed by atoms with E-state index in [2.05, 4.69) is 0 Å². The summed E-state index contributed by atoms with van der Waals surface area (Å²) in [6, 6.07) is 0.511. The van der Waals surface area contributed by atoms with E-state index in [0.717, 1.165) is 25.7 Å². The van der Waals surface area contributed by atoms with Crippen LogP contribution in [0.2, 0.25) is 0 Å². The van der Waals surface area contributed by atoms with Crippen molar-refractivity contribution in [2.45, 2.75) is 62.8 Å². The van der Waals surface area contributed by atoms with Gasteiger partial charge >= 0.3 is 0 Å². The van der Waals surface area contributed by atoms with Crippen molar-refractivity contribution in [3.63, 3.8) is 0 Å². The molecule has 4 heteroatoms. The highest BCUT2D eigenvalue weighted by Gasteiger charge is 2.38. The molecule has 0 radical (unpaired) electrons. The van der Waals surface area contributed by atoms with Gasteiger partial charge in [-0.25, -0.2) is 0 Å². The highest BCUT2D eigenvalue weighted by atomic mass is 16.5. The molecule has 2 saturated carbocycles. The fourth-order valence-corrected chi connectivity index (χ4v) is 3.45. The topological polar surface area (TPSA) is 43.2 Å². The van der Waals surface area contributed by atoms with Gasteiger partial charge in [0.05, 0.1) is 35.7 Å². The van der Waals surface area contributed by atoms with Crippen molar-refractivity contribution in [2.75, 3.05) is 14.2 Å². The third kappa shape index (κ3) is 2.01. The highest BCUT2D eigenvalue weighted by molar-refractivity contribution is 6.04. The summed E-state index contributed by atoms with van der Waals surface area (Å²) in [6.07, 6.45) is 7.17. The SMILES string of the molecule is COC1CCCC2N=C3C(CCCC3OC)N=C21. The molecule has 3 aliphatic rings. The van der Waals surface area contributed by atoms with Gasteiger partial charge in [0, 0.05) is 14.2 Å². The molecule has 0 aromatic heterocycles. The molecule has 0 bridgehead atoms. The van der Waals surface area contributed by atoms with Gasteiger partial charge in [0.2, 0.25) is 0 Å². The van der Waals surface area contributed by atoms with Crippen LogP contribution in [-0.4, -0.2) is 49.9 Å². The highest BCUT2D eigenvalue weighted by Crippen LogP contribution is 2.30. The lowest BCUT2D eigenvalue weighted by atomic mass is 9.84. The fourth-order valence-electron chi connectivity index (χ4n) is 3.45. The smallest absolute Gasteiger partial charge is 0.0969 e. The monoisotopic (exact) mass is 250 g/mol. The lowest BCUT2D eigenvalue weighted by Crippen LogP contribution is -2.47. The Morgan fingerprint density at radius 3 is 1.61 bits per heavy atom. The number of rotatable bonds is 2. The maximum absolute atomic E-state index is 5.56. The van der Waals surface area contributed by atoms with E-state index in [4.69, 9.17) is 19.5 Å². The van der Waals surface area contributed by atoms with E-state index in [1.807, 2.05) is 0 Å². The third-order valence-electron chi connectivity index (χ3n) is 4.41. The summed E-state index contributed by atoms with van der Waals surface area (Å²) in [6.45, 7) is 0. The second-order valence-electron chi connectivity index (χ2n) is 5.45. The summed E-state index contributed by atoms with van der Waals surface area (Å²) in [5.74, 6) is 0. The lowest BCUT2D eigenvalue weighted by Gasteiger charge is -2.37. The van der Waals surface area contributed by atoms with Crippen LogP contribution in [0.1, 0.15) is 38.5 Å². The van der Waals surface area contributed by atoms with Crippen molar-refractivity contribution >= 4 is 11.4 Å². The lowest BCUT2D eigenvalue weighted by molar-refractivity contribution is 0.127. The molecule has 0 saturated heterocycles. The molecule has 100 valence electrons.